The molecule has 0 bridgehead atoms. The Morgan fingerprint density at radius 1 is 1.24 bits per heavy atom. The molecule has 198 valence electrons. The molecule has 0 aromatic heterocycles. The van der Waals surface area contributed by atoms with Crippen LogP contribution in [-0.4, -0.2) is 54.4 Å². The van der Waals surface area contributed by atoms with Crippen LogP contribution in [0.3, 0.4) is 0 Å². The highest BCUT2D eigenvalue weighted by molar-refractivity contribution is 7.98. The molecule has 0 unspecified atom stereocenters. The number of hydrazone groups is 1. The number of amidine groups is 1. The van der Waals surface area contributed by atoms with Crippen molar-refractivity contribution in [3.63, 3.8) is 0 Å². The van der Waals surface area contributed by atoms with Crippen molar-refractivity contribution in [2.45, 2.75) is 46.5 Å². The van der Waals surface area contributed by atoms with Crippen LogP contribution in [-0.2, 0) is 16.0 Å². The molecule has 0 aliphatic carbocycles. The van der Waals surface area contributed by atoms with Crippen LogP contribution < -0.4 is 11.2 Å². The number of aryl methyl sites for hydroxylation is 1. The van der Waals surface area contributed by atoms with Gasteiger partial charge in [0.1, 0.15) is 5.84 Å². The van der Waals surface area contributed by atoms with Crippen LogP contribution in [0.2, 0.25) is 0 Å². The number of nitrogens with zero attached hydrogens (tertiary/aromatic N) is 3. The minimum absolute atomic E-state index is 0.0192. The highest BCUT2D eigenvalue weighted by Gasteiger charge is 2.19. The van der Waals surface area contributed by atoms with Crippen LogP contribution >= 0.6 is 11.8 Å². The van der Waals surface area contributed by atoms with Gasteiger partial charge < -0.3 is 10.6 Å². The number of carbonyl (C=O) groups excluding carboxylic acids is 2. The van der Waals surface area contributed by atoms with Gasteiger partial charge in [-0.15, -0.1) is 0 Å². The van der Waals surface area contributed by atoms with Gasteiger partial charge in [-0.25, -0.2) is 10.4 Å². The van der Waals surface area contributed by atoms with Crippen molar-refractivity contribution in [2.24, 2.45) is 15.8 Å². The number of rotatable bonds is 14. The van der Waals surface area contributed by atoms with Crippen molar-refractivity contribution in [1.82, 2.24) is 10.3 Å². The molecule has 1 heterocycles. The van der Waals surface area contributed by atoms with E-state index in [4.69, 9.17) is 5.73 Å². The maximum Gasteiger partial charge on any atom is 0.250 e. The summed E-state index contributed by atoms with van der Waals surface area (Å²) < 4.78 is 0. The molecule has 0 fully saturated rings. The summed E-state index contributed by atoms with van der Waals surface area (Å²) >= 11 is 1.78. The third-order valence-electron chi connectivity index (χ3n) is 5.68. The molecular weight excluding hydrogens is 482 g/mol. The number of hydrogen-bond donors (Lipinski definition) is 2. The molecular formula is C29H39N5O2S. The van der Waals surface area contributed by atoms with Crippen LogP contribution in [0.5, 0.6) is 0 Å². The van der Waals surface area contributed by atoms with Crippen LogP contribution in [0.25, 0.3) is 5.57 Å². The number of hydrogen-bond acceptors (Lipinski definition) is 6. The molecule has 7 nitrogen and oxygen atoms in total. The van der Waals surface area contributed by atoms with Gasteiger partial charge in [0.05, 0.1) is 11.9 Å². The monoisotopic (exact) mass is 521 g/mol. The summed E-state index contributed by atoms with van der Waals surface area (Å²) in [6.45, 7) is 7.56. The van der Waals surface area contributed by atoms with E-state index in [1.165, 1.54) is 0 Å². The lowest BCUT2D eigenvalue weighted by Crippen LogP contribution is -2.34. The number of amides is 2. The van der Waals surface area contributed by atoms with Crippen molar-refractivity contribution in [3.05, 3.63) is 76.5 Å². The average molecular weight is 522 g/mol. The largest absolute Gasteiger partial charge is 0.387 e. The Kier molecular flexibility index (Phi) is 13.2. The Hall–Kier alpha value is -3.39. The SMILES string of the molecule is C/C=C\C(=C/C1=CC=C(C(=O)N(CCC)CCC)CC(N)=N1)c1ccc(CCSC)c(/C=N\NC=O)c1. The highest BCUT2D eigenvalue weighted by atomic mass is 32.2. The van der Waals surface area contributed by atoms with E-state index in [1.807, 2.05) is 42.2 Å². The van der Waals surface area contributed by atoms with Gasteiger partial charge in [0.2, 0.25) is 12.3 Å². The molecule has 0 radical (unpaired) electrons. The maximum atomic E-state index is 13.1. The van der Waals surface area contributed by atoms with E-state index in [-0.39, 0.29) is 5.91 Å². The number of nitrogens with one attached hydrogen (secondary N) is 1. The van der Waals surface area contributed by atoms with Gasteiger partial charge in [-0.2, -0.15) is 16.9 Å². The van der Waals surface area contributed by atoms with E-state index >= 15 is 0 Å². The zero-order valence-corrected chi connectivity index (χ0v) is 23.2. The first kappa shape index (κ1) is 29.8. The third kappa shape index (κ3) is 9.53. The standard InChI is InChI=1S/C29H39N5O2S/c1-5-8-23(24-10-9-22(13-16-37-4)26(17-24)20-31-32-21-35)18-27-12-11-25(19-28(30)33-27)29(36)34(14-6-2)15-7-3/h5,8-12,17-18,20-21H,6-7,13-16,19H2,1-4H3,(H2,30,33)(H,32,35)/b8-5-,23-18+,31-20-. The lowest BCUT2D eigenvalue weighted by atomic mass is 9.97. The molecule has 3 N–H and O–H groups in total. The van der Waals surface area contributed by atoms with Crippen molar-refractivity contribution < 1.29 is 9.59 Å². The van der Waals surface area contributed by atoms with E-state index < -0.39 is 0 Å². The first-order valence-corrected chi connectivity index (χ1v) is 14.1. The van der Waals surface area contributed by atoms with Gasteiger partial charge in [-0.1, -0.05) is 44.2 Å². The predicted molar refractivity (Wildman–Crippen MR) is 158 cm³/mol. The molecule has 37 heavy (non-hydrogen) atoms. The van der Waals surface area contributed by atoms with Crippen LogP contribution in [0.15, 0.2) is 69.9 Å². The van der Waals surface area contributed by atoms with Gasteiger partial charge in [0.15, 0.2) is 0 Å². The lowest BCUT2D eigenvalue weighted by molar-refractivity contribution is -0.127. The molecule has 0 spiro atoms. The molecule has 1 aliphatic rings. The molecule has 1 aromatic rings. The van der Waals surface area contributed by atoms with E-state index in [1.54, 1.807) is 18.0 Å². The summed E-state index contributed by atoms with van der Waals surface area (Å²) in [5, 5.41) is 4.00. The zero-order valence-electron chi connectivity index (χ0n) is 22.4. The van der Waals surface area contributed by atoms with E-state index in [0.717, 1.165) is 60.4 Å². The van der Waals surface area contributed by atoms with Gasteiger partial charge in [-0.3, -0.25) is 9.59 Å². The highest BCUT2D eigenvalue weighted by Crippen LogP contribution is 2.24. The normalized spacial score (nSPS) is 14.3. The smallest absolute Gasteiger partial charge is 0.250 e. The summed E-state index contributed by atoms with van der Waals surface area (Å²) in [5.74, 6) is 1.42. The summed E-state index contributed by atoms with van der Waals surface area (Å²) in [6, 6.07) is 6.23. The minimum atomic E-state index is 0.0192. The number of thioether (sulfide) groups is 1. The Labute approximate surface area is 225 Å². The lowest BCUT2D eigenvalue weighted by Gasteiger charge is -2.22. The first-order valence-electron chi connectivity index (χ1n) is 12.7. The average Bonchev–Trinajstić information content (AvgIpc) is 3.08. The van der Waals surface area contributed by atoms with Crippen molar-refractivity contribution >= 4 is 41.7 Å². The van der Waals surface area contributed by atoms with Gasteiger partial charge in [0.25, 0.3) is 0 Å². The molecule has 1 aliphatic heterocycles. The fraction of sp³-hybridized carbons (Fsp3) is 0.379. The second-order valence-corrected chi connectivity index (χ2v) is 9.60. The number of benzene rings is 1. The maximum absolute atomic E-state index is 13.1. The van der Waals surface area contributed by atoms with Crippen LogP contribution in [0, 0.1) is 0 Å². The van der Waals surface area contributed by atoms with Crippen LogP contribution in [0.4, 0.5) is 0 Å². The molecule has 2 amide bonds. The fourth-order valence-electron chi connectivity index (χ4n) is 4.01. The third-order valence-corrected chi connectivity index (χ3v) is 6.30. The Balaban J connectivity index is 2.47. The predicted octanol–water partition coefficient (Wildman–Crippen LogP) is 4.85. The summed E-state index contributed by atoms with van der Waals surface area (Å²) in [5.41, 5.74) is 13.9. The number of carbonyl (C=O) groups is 2. The van der Waals surface area contributed by atoms with Crippen molar-refractivity contribution in [2.75, 3.05) is 25.1 Å². The number of allylic oxidation sites excluding steroid dienone is 6. The first-order chi connectivity index (χ1) is 18.0. The number of nitrogens with two attached hydrogens (primary N) is 1. The summed E-state index contributed by atoms with van der Waals surface area (Å²) in [7, 11) is 0. The molecule has 1 aromatic carbocycles. The van der Waals surface area contributed by atoms with Gasteiger partial charge in [-0.05, 0) is 78.7 Å². The van der Waals surface area contributed by atoms with Gasteiger partial charge in [0, 0.05) is 25.1 Å². The summed E-state index contributed by atoms with van der Waals surface area (Å²) in [6.07, 6.45) is 17.0. The molecule has 0 saturated heterocycles. The van der Waals surface area contributed by atoms with E-state index in [9.17, 15) is 9.59 Å². The second-order valence-electron chi connectivity index (χ2n) is 8.62. The van der Waals surface area contributed by atoms with Gasteiger partial charge >= 0.3 is 0 Å². The van der Waals surface area contributed by atoms with E-state index in [0.29, 0.717) is 29.9 Å². The zero-order chi connectivity index (χ0) is 27.0. The second kappa shape index (κ2) is 16.4. The Bertz CT molecular complexity index is 1110. The Morgan fingerprint density at radius 2 is 2.00 bits per heavy atom. The molecule has 0 atom stereocenters. The van der Waals surface area contributed by atoms with E-state index in [2.05, 4.69) is 53.8 Å². The van der Waals surface area contributed by atoms with Crippen molar-refractivity contribution in [1.29, 1.82) is 0 Å². The molecule has 2 rings (SSSR count). The molecule has 0 saturated carbocycles. The van der Waals surface area contributed by atoms with Crippen LogP contribution in [0.1, 0.15) is 56.7 Å². The quantitative estimate of drug-likeness (QED) is 0.158. The minimum Gasteiger partial charge on any atom is -0.387 e. The molecule has 8 heteroatoms. The fourth-order valence-corrected chi connectivity index (χ4v) is 4.43. The summed E-state index contributed by atoms with van der Waals surface area (Å²) in [4.78, 5) is 30.3. The number of aliphatic imine (C=N–C) groups is 1. The Morgan fingerprint density at radius 3 is 2.65 bits per heavy atom. The van der Waals surface area contributed by atoms with Crippen molar-refractivity contribution in [3.8, 4) is 0 Å². The topological polar surface area (TPSA) is 100 Å².